The molecule has 2 unspecified atom stereocenters. The topological polar surface area (TPSA) is 105 Å². The van der Waals surface area contributed by atoms with Crippen molar-refractivity contribution in [2.45, 2.75) is 19.2 Å². The minimum Gasteiger partial charge on any atom is -0.481 e. The number of amides is 3. The van der Waals surface area contributed by atoms with Gasteiger partial charge in [0.1, 0.15) is 5.75 Å². The number of ether oxygens (including phenoxy) is 1. The van der Waals surface area contributed by atoms with E-state index < -0.39 is 30.0 Å². The number of para-hydroxylation sites is 1. The number of nitrogens with zero attached hydrogens (tertiary/aromatic N) is 2. The van der Waals surface area contributed by atoms with Gasteiger partial charge in [-0.25, -0.2) is 0 Å². The lowest BCUT2D eigenvalue weighted by Crippen LogP contribution is -2.56. The van der Waals surface area contributed by atoms with E-state index in [4.69, 9.17) is 33.7 Å². The molecule has 8 nitrogen and oxygen atoms in total. The van der Waals surface area contributed by atoms with Crippen molar-refractivity contribution < 1.29 is 19.1 Å². The Kier molecular flexibility index (Phi) is 7.95. The molecule has 1 aliphatic rings. The molecular formula is C22H24Cl2N4O4. The lowest BCUT2D eigenvalue weighted by Gasteiger charge is -2.30. The molecular weight excluding hydrogens is 455 g/mol. The van der Waals surface area contributed by atoms with Crippen molar-refractivity contribution in [2.75, 3.05) is 26.2 Å². The summed E-state index contributed by atoms with van der Waals surface area (Å²) in [5.74, 6) is -0.823. The number of carbonyl (C=O) groups is 3. The predicted molar refractivity (Wildman–Crippen MR) is 122 cm³/mol. The zero-order chi connectivity index (χ0) is 23.3. The van der Waals surface area contributed by atoms with E-state index in [9.17, 15) is 14.4 Å². The lowest BCUT2D eigenvalue weighted by atomic mass is 10.2. The summed E-state index contributed by atoms with van der Waals surface area (Å²) in [4.78, 5) is 41.9. The summed E-state index contributed by atoms with van der Waals surface area (Å²) < 4.78 is 5.73. The third-order valence-corrected chi connectivity index (χ3v) is 5.70. The molecule has 3 amide bonds. The standard InChI is InChI=1S/C22H24Cl2N4O4/c1-14(32-16-5-3-2-4-6-16)21(30)27-11-12-28(20(27)19(29)26-10-9-25)22(31)15-7-8-17(23)18(24)13-15/h2-8,13-14,20H,9-12,25H2,1H3,(H,26,29). The second-order valence-electron chi connectivity index (χ2n) is 7.19. The highest BCUT2D eigenvalue weighted by atomic mass is 35.5. The van der Waals surface area contributed by atoms with Gasteiger partial charge in [0.25, 0.3) is 17.7 Å². The van der Waals surface area contributed by atoms with E-state index in [1.807, 2.05) is 6.07 Å². The number of halogens is 2. The Bertz CT molecular complexity index is 989. The van der Waals surface area contributed by atoms with Gasteiger partial charge in [0.05, 0.1) is 10.0 Å². The minimum absolute atomic E-state index is 0.170. The quantitative estimate of drug-likeness (QED) is 0.634. The van der Waals surface area contributed by atoms with E-state index in [2.05, 4.69) is 5.32 Å². The van der Waals surface area contributed by atoms with Crippen LogP contribution in [0.3, 0.4) is 0 Å². The molecule has 1 fully saturated rings. The van der Waals surface area contributed by atoms with Crippen LogP contribution in [-0.2, 0) is 9.59 Å². The molecule has 0 radical (unpaired) electrons. The van der Waals surface area contributed by atoms with Crippen LogP contribution < -0.4 is 15.8 Å². The fourth-order valence-corrected chi connectivity index (χ4v) is 3.72. The van der Waals surface area contributed by atoms with Crippen molar-refractivity contribution in [2.24, 2.45) is 5.73 Å². The summed E-state index contributed by atoms with van der Waals surface area (Å²) in [6.07, 6.45) is -2.00. The average molecular weight is 479 g/mol. The first kappa shape index (κ1) is 23.8. The van der Waals surface area contributed by atoms with Crippen LogP contribution in [0.25, 0.3) is 0 Å². The maximum absolute atomic E-state index is 13.2. The molecule has 1 saturated heterocycles. The fraction of sp³-hybridized carbons (Fsp3) is 0.318. The van der Waals surface area contributed by atoms with Gasteiger partial charge >= 0.3 is 0 Å². The van der Waals surface area contributed by atoms with Gasteiger partial charge in [-0.2, -0.15) is 0 Å². The normalized spacial score (nSPS) is 16.6. The van der Waals surface area contributed by atoms with E-state index in [1.165, 1.54) is 28.0 Å². The Hall–Kier alpha value is -2.81. The Labute approximate surface area is 196 Å². The first-order valence-corrected chi connectivity index (χ1v) is 10.8. The molecule has 2 aromatic carbocycles. The van der Waals surface area contributed by atoms with Gasteiger partial charge in [-0.15, -0.1) is 0 Å². The summed E-state index contributed by atoms with van der Waals surface area (Å²) >= 11 is 12.0. The zero-order valence-electron chi connectivity index (χ0n) is 17.5. The largest absolute Gasteiger partial charge is 0.481 e. The monoisotopic (exact) mass is 478 g/mol. The van der Waals surface area contributed by atoms with Crippen molar-refractivity contribution >= 4 is 40.9 Å². The highest BCUT2D eigenvalue weighted by Crippen LogP contribution is 2.26. The Morgan fingerprint density at radius 1 is 1.09 bits per heavy atom. The molecule has 0 aromatic heterocycles. The third kappa shape index (κ3) is 5.32. The van der Waals surface area contributed by atoms with Crippen LogP contribution in [0.15, 0.2) is 48.5 Å². The molecule has 170 valence electrons. The molecule has 3 N–H and O–H groups in total. The van der Waals surface area contributed by atoms with E-state index >= 15 is 0 Å². The smallest absolute Gasteiger partial charge is 0.265 e. The SMILES string of the molecule is CC(Oc1ccccc1)C(=O)N1CCN(C(=O)c2ccc(Cl)c(Cl)c2)C1C(=O)NCCN. The van der Waals surface area contributed by atoms with Gasteiger partial charge < -0.3 is 25.6 Å². The molecule has 10 heteroatoms. The number of carbonyl (C=O) groups excluding carboxylic acids is 3. The van der Waals surface area contributed by atoms with Gasteiger partial charge in [0, 0.05) is 31.7 Å². The predicted octanol–water partition coefficient (Wildman–Crippen LogP) is 2.15. The van der Waals surface area contributed by atoms with E-state index in [0.29, 0.717) is 10.8 Å². The molecule has 1 aliphatic heterocycles. The van der Waals surface area contributed by atoms with Gasteiger partial charge in [-0.3, -0.25) is 14.4 Å². The minimum atomic E-state index is -1.14. The highest BCUT2D eigenvalue weighted by molar-refractivity contribution is 6.42. The summed E-state index contributed by atoms with van der Waals surface area (Å²) in [6.45, 7) is 2.38. The molecule has 0 aliphatic carbocycles. The number of nitrogens with one attached hydrogen (secondary N) is 1. The number of hydrogen-bond donors (Lipinski definition) is 2. The maximum atomic E-state index is 13.2. The molecule has 0 bridgehead atoms. The van der Waals surface area contributed by atoms with Crippen molar-refractivity contribution in [1.29, 1.82) is 0 Å². The first-order valence-electron chi connectivity index (χ1n) is 10.1. The van der Waals surface area contributed by atoms with Crippen LogP contribution in [0.1, 0.15) is 17.3 Å². The molecule has 3 rings (SSSR count). The van der Waals surface area contributed by atoms with Gasteiger partial charge in [0.15, 0.2) is 12.3 Å². The van der Waals surface area contributed by atoms with Crippen molar-refractivity contribution in [1.82, 2.24) is 15.1 Å². The van der Waals surface area contributed by atoms with Crippen LogP contribution in [0, 0.1) is 0 Å². The van der Waals surface area contributed by atoms with Crippen LogP contribution in [0.2, 0.25) is 10.0 Å². The second-order valence-corrected chi connectivity index (χ2v) is 8.00. The molecule has 2 atom stereocenters. The first-order chi connectivity index (χ1) is 15.3. The van der Waals surface area contributed by atoms with E-state index in [0.717, 1.165) is 0 Å². The molecule has 1 heterocycles. The number of benzene rings is 2. The van der Waals surface area contributed by atoms with Crippen molar-refractivity contribution in [3.8, 4) is 5.75 Å². The van der Waals surface area contributed by atoms with Gasteiger partial charge in [-0.1, -0.05) is 41.4 Å². The second kappa shape index (κ2) is 10.7. The van der Waals surface area contributed by atoms with Gasteiger partial charge in [-0.05, 0) is 37.3 Å². The number of rotatable bonds is 7. The van der Waals surface area contributed by atoms with Crippen LogP contribution in [0.5, 0.6) is 5.75 Å². The van der Waals surface area contributed by atoms with Crippen LogP contribution in [0.4, 0.5) is 0 Å². The Balaban J connectivity index is 1.83. The average Bonchev–Trinajstić information content (AvgIpc) is 3.24. The molecule has 2 aromatic rings. The highest BCUT2D eigenvalue weighted by Gasteiger charge is 2.44. The zero-order valence-corrected chi connectivity index (χ0v) is 19.0. The van der Waals surface area contributed by atoms with Crippen LogP contribution >= 0.6 is 23.2 Å². The van der Waals surface area contributed by atoms with Crippen molar-refractivity contribution in [3.63, 3.8) is 0 Å². The Morgan fingerprint density at radius 2 is 1.78 bits per heavy atom. The molecule has 32 heavy (non-hydrogen) atoms. The summed E-state index contributed by atoms with van der Waals surface area (Å²) in [5.41, 5.74) is 5.76. The summed E-state index contributed by atoms with van der Waals surface area (Å²) in [7, 11) is 0. The molecule has 0 spiro atoms. The maximum Gasteiger partial charge on any atom is 0.265 e. The fourth-order valence-electron chi connectivity index (χ4n) is 3.42. The van der Waals surface area contributed by atoms with Crippen molar-refractivity contribution in [3.05, 3.63) is 64.1 Å². The van der Waals surface area contributed by atoms with Gasteiger partial charge in [0.2, 0.25) is 0 Å². The summed E-state index contributed by atoms with van der Waals surface area (Å²) in [5, 5.41) is 3.20. The number of hydrogen-bond acceptors (Lipinski definition) is 5. The number of nitrogens with two attached hydrogens (primary N) is 1. The Morgan fingerprint density at radius 3 is 2.44 bits per heavy atom. The lowest BCUT2D eigenvalue weighted by molar-refractivity contribution is -0.145. The van der Waals surface area contributed by atoms with E-state index in [1.54, 1.807) is 31.2 Å². The molecule has 0 saturated carbocycles. The van der Waals surface area contributed by atoms with E-state index in [-0.39, 0.29) is 36.8 Å². The summed E-state index contributed by atoms with van der Waals surface area (Å²) in [6, 6.07) is 13.4. The third-order valence-electron chi connectivity index (χ3n) is 4.96. The van der Waals surface area contributed by atoms with Crippen LogP contribution in [-0.4, -0.2) is 66.0 Å².